The molecule has 0 aromatic carbocycles. The van der Waals surface area contributed by atoms with E-state index in [1.54, 1.807) is 0 Å². The van der Waals surface area contributed by atoms with Crippen molar-refractivity contribution in [2.24, 2.45) is 0 Å². The summed E-state index contributed by atoms with van der Waals surface area (Å²) in [5.41, 5.74) is 0. The smallest absolute Gasteiger partial charge is 0.348 e. The Morgan fingerprint density at radius 3 is 1.74 bits per heavy atom. The van der Waals surface area contributed by atoms with Crippen LogP contribution < -0.4 is 0 Å². The highest BCUT2D eigenvalue weighted by Gasteiger charge is 2.79. The fourth-order valence-electron chi connectivity index (χ4n) is 1.69. The maximum absolute atomic E-state index is 14.0. The predicted molar refractivity (Wildman–Crippen MR) is 60.3 cm³/mol. The van der Waals surface area contributed by atoms with Crippen molar-refractivity contribution >= 4 is 5.91 Å². The molecule has 1 rings (SSSR count). The molecule has 16 heteroatoms. The van der Waals surface area contributed by atoms with Gasteiger partial charge in [-0.05, 0) is 0 Å². The molecule has 0 aromatic heterocycles. The summed E-state index contributed by atoms with van der Waals surface area (Å²) in [7, 11) is 0.400. The molecule has 1 aliphatic heterocycles. The van der Waals surface area contributed by atoms with Crippen LogP contribution in [0.1, 0.15) is 0 Å². The average Bonchev–Trinajstić information content (AvgIpc) is 2.96. The molecule has 1 aliphatic rings. The maximum Gasteiger partial charge on any atom is 0.462 e. The van der Waals surface area contributed by atoms with Crippen molar-refractivity contribution in [2.45, 2.75) is 36.5 Å². The summed E-state index contributed by atoms with van der Waals surface area (Å²) >= 11 is 0. The largest absolute Gasteiger partial charge is 0.462 e. The Kier molecular flexibility index (Phi) is 6.29. The Labute approximate surface area is 142 Å². The molecule has 0 spiro atoms. The van der Waals surface area contributed by atoms with Crippen LogP contribution in [0.15, 0.2) is 0 Å². The highest BCUT2D eigenvalue weighted by molar-refractivity contribution is 5.84. The van der Waals surface area contributed by atoms with Gasteiger partial charge in [0.05, 0.1) is 19.8 Å². The van der Waals surface area contributed by atoms with Crippen molar-refractivity contribution in [1.82, 2.24) is 4.90 Å². The molecule has 160 valence electrons. The van der Waals surface area contributed by atoms with Crippen molar-refractivity contribution in [1.29, 1.82) is 0 Å². The van der Waals surface area contributed by atoms with Gasteiger partial charge in [-0.15, -0.1) is 0 Å². The highest BCUT2D eigenvalue weighted by atomic mass is 19.4. The predicted octanol–water partition coefficient (Wildman–Crippen LogP) is 2.85. The number of carbonyl (C=O) groups is 1. The van der Waals surface area contributed by atoms with Crippen molar-refractivity contribution < 1.29 is 67.3 Å². The van der Waals surface area contributed by atoms with Gasteiger partial charge in [0.15, 0.2) is 6.29 Å². The molecule has 1 heterocycles. The molecule has 0 radical (unpaired) electrons. The Morgan fingerprint density at radius 1 is 0.926 bits per heavy atom. The van der Waals surface area contributed by atoms with Crippen LogP contribution in [0.2, 0.25) is 0 Å². The number of nitrogens with zero attached hydrogens (tertiary/aromatic N) is 1. The lowest BCUT2D eigenvalue weighted by atomic mass is 10.2. The quantitative estimate of drug-likeness (QED) is 0.610. The van der Waals surface area contributed by atoms with Crippen molar-refractivity contribution in [3.05, 3.63) is 0 Å². The van der Waals surface area contributed by atoms with Crippen LogP contribution in [0.4, 0.5) is 48.3 Å². The third-order valence-electron chi connectivity index (χ3n) is 3.09. The van der Waals surface area contributed by atoms with Crippen LogP contribution in [-0.4, -0.2) is 74.1 Å². The van der Waals surface area contributed by atoms with Crippen LogP contribution >= 0.6 is 0 Å². The Balaban J connectivity index is 3.17. The van der Waals surface area contributed by atoms with E-state index in [4.69, 9.17) is 9.47 Å². The SMILES string of the molecule is CN(CC1OCCO1)C(=O)C(F)(OC(F)(F)C(F)(F)C(F)(F)F)C(F)(F)F. The highest BCUT2D eigenvalue weighted by Crippen LogP contribution is 2.51. The number of rotatable bonds is 6. The molecule has 1 fully saturated rings. The summed E-state index contributed by atoms with van der Waals surface area (Å²) in [5.74, 6) is -16.5. The van der Waals surface area contributed by atoms with Crippen molar-refractivity contribution in [3.8, 4) is 0 Å². The lowest BCUT2D eigenvalue weighted by Crippen LogP contribution is -2.64. The normalized spacial score (nSPS) is 19.9. The molecule has 0 aliphatic carbocycles. The molecule has 27 heavy (non-hydrogen) atoms. The maximum atomic E-state index is 14.0. The lowest BCUT2D eigenvalue weighted by molar-refractivity contribution is -0.473. The summed E-state index contributed by atoms with van der Waals surface area (Å²) in [6.07, 6.45) is -22.3. The molecule has 0 saturated carbocycles. The molecular formula is C11H10F11NO4. The zero-order chi connectivity index (χ0) is 21.5. The molecule has 1 amide bonds. The van der Waals surface area contributed by atoms with Gasteiger partial charge in [0.1, 0.15) is 0 Å². The van der Waals surface area contributed by atoms with E-state index in [9.17, 15) is 53.1 Å². The van der Waals surface area contributed by atoms with Gasteiger partial charge in [-0.2, -0.15) is 48.3 Å². The second-order valence-corrected chi connectivity index (χ2v) is 5.14. The Morgan fingerprint density at radius 2 is 1.37 bits per heavy atom. The lowest BCUT2D eigenvalue weighted by Gasteiger charge is -2.36. The van der Waals surface area contributed by atoms with E-state index in [0.717, 1.165) is 0 Å². The third-order valence-corrected chi connectivity index (χ3v) is 3.09. The molecule has 5 nitrogen and oxygen atoms in total. The summed E-state index contributed by atoms with van der Waals surface area (Å²) in [6, 6.07) is 0. The minimum Gasteiger partial charge on any atom is -0.348 e. The first-order chi connectivity index (χ1) is 11.9. The van der Waals surface area contributed by atoms with E-state index >= 15 is 0 Å². The number of likely N-dealkylation sites (N-methyl/N-ethyl adjacent to an activating group) is 1. The standard InChI is InChI=1S/C11H10F11NO4/c1-23(4-5-25-2-3-26-5)6(24)7(12,9(15,16)17)27-11(21,22)8(13,14)10(18,19)20/h5H,2-4H2,1H3. The molecule has 0 bridgehead atoms. The van der Waals surface area contributed by atoms with Crippen molar-refractivity contribution in [2.75, 3.05) is 26.8 Å². The van der Waals surface area contributed by atoms with Crippen molar-refractivity contribution in [3.63, 3.8) is 0 Å². The van der Waals surface area contributed by atoms with Gasteiger partial charge in [-0.1, -0.05) is 0 Å². The minimum atomic E-state index is -7.24. The van der Waals surface area contributed by atoms with E-state index in [1.165, 1.54) is 0 Å². The van der Waals surface area contributed by atoms with Crippen LogP contribution in [0, 0.1) is 0 Å². The van der Waals surface area contributed by atoms with Gasteiger partial charge in [-0.3, -0.25) is 9.53 Å². The summed E-state index contributed by atoms with van der Waals surface area (Å²) in [5, 5.41) is 0. The third kappa shape index (κ3) is 4.53. The second kappa shape index (κ2) is 7.20. The monoisotopic (exact) mass is 429 g/mol. The minimum absolute atomic E-state index is 0.0842. The Bertz CT molecular complexity index is 543. The number of halogens is 11. The molecule has 0 aromatic rings. The average molecular weight is 429 g/mol. The number of hydrogen-bond acceptors (Lipinski definition) is 4. The van der Waals surface area contributed by atoms with Gasteiger partial charge in [0, 0.05) is 7.05 Å². The zero-order valence-corrected chi connectivity index (χ0v) is 12.9. The number of amides is 1. The summed E-state index contributed by atoms with van der Waals surface area (Å²) < 4.78 is 152. The van der Waals surface area contributed by atoms with Gasteiger partial charge in [0.2, 0.25) is 0 Å². The van der Waals surface area contributed by atoms with Gasteiger partial charge in [0.25, 0.3) is 5.91 Å². The first kappa shape index (κ1) is 23.6. The van der Waals surface area contributed by atoms with Gasteiger partial charge < -0.3 is 14.4 Å². The topological polar surface area (TPSA) is 48.0 Å². The number of carbonyl (C=O) groups excluding carboxylic acids is 1. The van der Waals surface area contributed by atoms with E-state index in [2.05, 4.69) is 4.74 Å². The van der Waals surface area contributed by atoms with E-state index in [1.807, 2.05) is 0 Å². The van der Waals surface area contributed by atoms with Crippen LogP contribution in [-0.2, 0) is 19.0 Å². The van der Waals surface area contributed by atoms with E-state index in [-0.39, 0.29) is 18.1 Å². The first-order valence-electron chi connectivity index (χ1n) is 6.64. The first-order valence-corrected chi connectivity index (χ1v) is 6.64. The fraction of sp³-hybridized carbons (Fsp3) is 0.909. The molecule has 1 atom stereocenters. The van der Waals surface area contributed by atoms with Crippen LogP contribution in [0.25, 0.3) is 0 Å². The molecule has 1 saturated heterocycles. The second-order valence-electron chi connectivity index (χ2n) is 5.14. The summed E-state index contributed by atoms with van der Waals surface area (Å²) in [4.78, 5) is 11.3. The van der Waals surface area contributed by atoms with Gasteiger partial charge in [-0.25, -0.2) is 0 Å². The zero-order valence-electron chi connectivity index (χ0n) is 12.9. The number of alkyl halides is 11. The molecular weight excluding hydrogens is 419 g/mol. The van der Waals surface area contributed by atoms with Gasteiger partial charge >= 0.3 is 30.2 Å². The summed E-state index contributed by atoms with van der Waals surface area (Å²) in [6.45, 7) is -1.16. The Hall–Kier alpha value is -1.42. The number of hydrogen-bond donors (Lipinski definition) is 0. The molecule has 1 unspecified atom stereocenters. The van der Waals surface area contributed by atoms with E-state index < -0.39 is 49.0 Å². The van der Waals surface area contributed by atoms with Crippen LogP contribution in [0.5, 0.6) is 0 Å². The van der Waals surface area contributed by atoms with Crippen LogP contribution in [0.3, 0.4) is 0 Å². The van der Waals surface area contributed by atoms with E-state index in [0.29, 0.717) is 7.05 Å². The fourth-order valence-corrected chi connectivity index (χ4v) is 1.69. The molecule has 0 N–H and O–H groups in total. The number of ether oxygens (including phenoxy) is 3.